The standard InChI is InChI=1S/C46H48F3N3O5/c1-29-41(27-51(3)30(2)36-23-18-32-9-4-5-10-37(32)25-36)56-44(57-42(29)34-16-14-31(28-53)15-17-34)35-21-19-33(20-22-35)39-12-7-6-11-38(39)26-50-43(54)40-13-8-24-52(40)45(55)46(47,48)49/h4-7,9-12,14-23,25,29-30,40-42,44,53H,8,13,24,26-28H2,1-3H3,(H,50,54)/t29-,30-,40+,41+,42+,44+/m1/s1. The lowest BCUT2D eigenvalue weighted by molar-refractivity contribution is -0.276. The van der Waals surface area contributed by atoms with Gasteiger partial charge in [-0.05, 0) is 77.0 Å². The number of aliphatic hydroxyl groups is 1. The van der Waals surface area contributed by atoms with Gasteiger partial charge in [0.1, 0.15) is 6.04 Å². The highest BCUT2D eigenvalue weighted by Gasteiger charge is 2.47. The van der Waals surface area contributed by atoms with Gasteiger partial charge >= 0.3 is 12.1 Å². The molecule has 2 amide bonds. The molecule has 2 heterocycles. The number of hydrogen-bond donors (Lipinski definition) is 2. The Balaban J connectivity index is 1.08. The number of halogens is 3. The third-order valence-corrected chi connectivity index (χ3v) is 11.5. The van der Waals surface area contributed by atoms with Crippen LogP contribution in [0.4, 0.5) is 13.2 Å². The molecule has 2 saturated heterocycles. The molecule has 5 aromatic carbocycles. The molecular formula is C46H48F3N3O5. The number of aliphatic hydroxyl groups excluding tert-OH is 1. The molecule has 0 aliphatic carbocycles. The number of alkyl halides is 3. The van der Waals surface area contributed by atoms with Gasteiger partial charge in [-0.25, -0.2) is 0 Å². The van der Waals surface area contributed by atoms with Gasteiger partial charge in [-0.3, -0.25) is 14.5 Å². The van der Waals surface area contributed by atoms with Crippen LogP contribution in [-0.4, -0.2) is 65.2 Å². The van der Waals surface area contributed by atoms with Gasteiger partial charge in [0.25, 0.3) is 0 Å². The van der Waals surface area contributed by atoms with Crippen LogP contribution in [0, 0.1) is 5.92 Å². The summed E-state index contributed by atoms with van der Waals surface area (Å²) in [6.45, 7) is 4.94. The largest absolute Gasteiger partial charge is 0.471 e. The SMILES string of the molecule is C[C@@H]1[C@H](CN(C)[C@H](C)c2ccc3ccccc3c2)O[C@H](c2ccc(-c3ccccc3CNC(=O)[C@@H]3CCCN3C(=O)C(F)(F)F)cc2)O[C@@H]1c1ccc(CO)cc1. The van der Waals surface area contributed by atoms with E-state index in [9.17, 15) is 27.9 Å². The van der Waals surface area contributed by atoms with Crippen LogP contribution in [0.15, 0.2) is 115 Å². The number of nitrogens with one attached hydrogen (secondary N) is 1. The first kappa shape index (κ1) is 40.1. The van der Waals surface area contributed by atoms with E-state index in [-0.39, 0.29) is 50.3 Å². The van der Waals surface area contributed by atoms with E-state index >= 15 is 0 Å². The van der Waals surface area contributed by atoms with Gasteiger partial charge in [-0.15, -0.1) is 0 Å². The fourth-order valence-corrected chi connectivity index (χ4v) is 8.01. The summed E-state index contributed by atoms with van der Waals surface area (Å²) in [6, 6.07) is 37.1. The molecule has 0 bridgehead atoms. The van der Waals surface area contributed by atoms with Crippen molar-refractivity contribution in [2.45, 2.75) is 76.6 Å². The highest BCUT2D eigenvalue weighted by molar-refractivity contribution is 5.90. The third-order valence-electron chi connectivity index (χ3n) is 11.5. The summed E-state index contributed by atoms with van der Waals surface area (Å²) in [7, 11) is 2.12. The molecule has 0 saturated carbocycles. The number of hydrogen-bond acceptors (Lipinski definition) is 6. The zero-order valence-corrected chi connectivity index (χ0v) is 32.3. The fraction of sp³-hybridized carbons (Fsp3) is 0.348. The molecule has 11 heteroatoms. The Morgan fingerprint density at radius 3 is 2.30 bits per heavy atom. The molecule has 8 nitrogen and oxygen atoms in total. The molecule has 0 spiro atoms. The Morgan fingerprint density at radius 2 is 1.58 bits per heavy atom. The molecule has 5 aromatic rings. The quantitative estimate of drug-likeness (QED) is 0.140. The van der Waals surface area contributed by atoms with Crippen LogP contribution in [0.1, 0.15) is 72.9 Å². The predicted molar refractivity (Wildman–Crippen MR) is 212 cm³/mol. The molecule has 0 radical (unpaired) electrons. The van der Waals surface area contributed by atoms with Crippen LogP contribution in [0.5, 0.6) is 0 Å². The average molecular weight is 780 g/mol. The van der Waals surface area contributed by atoms with Gasteiger partial charge < -0.3 is 24.8 Å². The number of benzene rings is 5. The molecule has 57 heavy (non-hydrogen) atoms. The van der Waals surface area contributed by atoms with Crippen LogP contribution in [0.25, 0.3) is 21.9 Å². The van der Waals surface area contributed by atoms with Crippen LogP contribution in [-0.2, 0) is 32.2 Å². The van der Waals surface area contributed by atoms with Crippen molar-refractivity contribution < 1.29 is 37.3 Å². The van der Waals surface area contributed by atoms with Crippen molar-refractivity contribution in [3.63, 3.8) is 0 Å². The highest BCUT2D eigenvalue weighted by atomic mass is 19.4. The minimum absolute atomic E-state index is 0.00302. The van der Waals surface area contributed by atoms with E-state index < -0.39 is 30.3 Å². The lowest BCUT2D eigenvalue weighted by Gasteiger charge is -2.43. The first-order chi connectivity index (χ1) is 27.4. The van der Waals surface area contributed by atoms with E-state index in [0.29, 0.717) is 17.9 Å². The Hall–Kier alpha value is -5.07. The summed E-state index contributed by atoms with van der Waals surface area (Å²) >= 11 is 0. The van der Waals surface area contributed by atoms with Crippen molar-refractivity contribution in [2.75, 3.05) is 20.1 Å². The smallest absolute Gasteiger partial charge is 0.392 e. The number of likely N-dealkylation sites (tertiary alicyclic amines) is 1. The minimum Gasteiger partial charge on any atom is -0.392 e. The molecular weight excluding hydrogens is 732 g/mol. The van der Waals surface area contributed by atoms with E-state index in [1.807, 2.05) is 78.9 Å². The van der Waals surface area contributed by atoms with E-state index in [2.05, 4.69) is 67.5 Å². The molecule has 7 rings (SSSR count). The number of likely N-dealkylation sites (N-methyl/N-ethyl adjacent to an activating group) is 1. The second-order valence-electron chi connectivity index (χ2n) is 15.2. The number of amides is 2. The van der Waals surface area contributed by atoms with Crippen molar-refractivity contribution >= 4 is 22.6 Å². The van der Waals surface area contributed by atoms with Crippen molar-refractivity contribution in [3.05, 3.63) is 143 Å². The van der Waals surface area contributed by atoms with Gasteiger partial charge in [-0.1, -0.05) is 116 Å². The molecule has 0 aromatic heterocycles. The number of fused-ring (bicyclic) bond motifs is 1. The molecule has 6 atom stereocenters. The first-order valence-electron chi connectivity index (χ1n) is 19.4. The zero-order valence-electron chi connectivity index (χ0n) is 32.3. The van der Waals surface area contributed by atoms with E-state index in [0.717, 1.165) is 33.4 Å². The summed E-state index contributed by atoms with van der Waals surface area (Å²) in [5.41, 5.74) is 6.37. The molecule has 2 N–H and O–H groups in total. The van der Waals surface area contributed by atoms with Gasteiger partial charge in [0.2, 0.25) is 5.91 Å². The van der Waals surface area contributed by atoms with Gasteiger partial charge in [-0.2, -0.15) is 13.2 Å². The highest BCUT2D eigenvalue weighted by Crippen LogP contribution is 2.43. The number of nitrogens with zero attached hydrogens (tertiary/aromatic N) is 2. The zero-order chi connectivity index (χ0) is 40.3. The maximum atomic E-state index is 13.2. The van der Waals surface area contributed by atoms with Crippen LogP contribution in [0.3, 0.4) is 0 Å². The van der Waals surface area contributed by atoms with Crippen molar-refractivity contribution in [3.8, 4) is 11.1 Å². The molecule has 298 valence electrons. The number of carbonyl (C=O) groups is 2. The fourth-order valence-electron chi connectivity index (χ4n) is 8.01. The van der Waals surface area contributed by atoms with Crippen molar-refractivity contribution in [2.24, 2.45) is 5.92 Å². The summed E-state index contributed by atoms with van der Waals surface area (Å²) in [6.07, 6.45) is -5.67. The topological polar surface area (TPSA) is 91.3 Å². The summed E-state index contributed by atoms with van der Waals surface area (Å²) in [5, 5.41) is 14.9. The van der Waals surface area contributed by atoms with Crippen LogP contribution >= 0.6 is 0 Å². The monoisotopic (exact) mass is 779 g/mol. The van der Waals surface area contributed by atoms with E-state index in [4.69, 9.17) is 9.47 Å². The van der Waals surface area contributed by atoms with Gasteiger partial charge in [0.15, 0.2) is 6.29 Å². The Labute approximate surface area is 331 Å². The molecule has 2 fully saturated rings. The average Bonchev–Trinajstić information content (AvgIpc) is 3.73. The summed E-state index contributed by atoms with van der Waals surface area (Å²) < 4.78 is 53.0. The lowest BCUT2D eigenvalue weighted by atomic mass is 9.89. The van der Waals surface area contributed by atoms with Crippen molar-refractivity contribution in [1.82, 2.24) is 15.1 Å². The second-order valence-corrected chi connectivity index (χ2v) is 15.2. The van der Waals surface area contributed by atoms with Gasteiger partial charge in [0, 0.05) is 37.2 Å². The summed E-state index contributed by atoms with van der Waals surface area (Å²) in [4.78, 5) is 27.9. The number of carbonyl (C=O) groups excluding carboxylic acids is 2. The van der Waals surface area contributed by atoms with Gasteiger partial charge in [0.05, 0.1) is 18.8 Å². The van der Waals surface area contributed by atoms with Crippen molar-refractivity contribution in [1.29, 1.82) is 0 Å². The number of rotatable bonds is 11. The molecule has 2 aliphatic heterocycles. The maximum Gasteiger partial charge on any atom is 0.471 e. The van der Waals surface area contributed by atoms with E-state index in [1.165, 1.54) is 16.3 Å². The first-order valence-corrected chi connectivity index (χ1v) is 19.4. The third kappa shape index (κ3) is 8.92. The molecule has 0 unspecified atom stereocenters. The van der Waals surface area contributed by atoms with E-state index in [1.54, 1.807) is 0 Å². The Bertz CT molecular complexity index is 2180. The summed E-state index contributed by atoms with van der Waals surface area (Å²) in [5.74, 6) is -2.60. The number of ether oxygens (including phenoxy) is 2. The van der Waals surface area contributed by atoms with Crippen LogP contribution in [0.2, 0.25) is 0 Å². The minimum atomic E-state index is -5.03. The Morgan fingerprint density at radius 1 is 0.895 bits per heavy atom. The lowest BCUT2D eigenvalue weighted by Crippen LogP contribution is -2.50. The second kappa shape index (κ2) is 17.2. The maximum absolute atomic E-state index is 13.2. The Kier molecular flexibility index (Phi) is 12.1. The predicted octanol–water partition coefficient (Wildman–Crippen LogP) is 8.65. The molecule has 2 aliphatic rings. The normalized spacial score (nSPS) is 21.8. The van der Waals surface area contributed by atoms with Crippen LogP contribution < -0.4 is 5.32 Å².